The van der Waals surface area contributed by atoms with Crippen LogP contribution in [0.15, 0.2) is 0 Å². The van der Waals surface area contributed by atoms with Gasteiger partial charge in [0.2, 0.25) is 0 Å². The highest BCUT2D eigenvalue weighted by molar-refractivity contribution is 6.08. The van der Waals surface area contributed by atoms with Crippen molar-refractivity contribution in [3.8, 4) is 0 Å². The molecule has 0 aromatic rings. The van der Waals surface area contributed by atoms with Crippen molar-refractivity contribution >= 4 is 10.2 Å². The van der Waals surface area contributed by atoms with Crippen LogP contribution in [-0.2, 0) is 0 Å². The van der Waals surface area contributed by atoms with Crippen molar-refractivity contribution < 1.29 is 0 Å². The molecule has 29 valence electrons. The lowest BCUT2D eigenvalue weighted by Crippen LogP contribution is -2.12. The van der Waals surface area contributed by atoms with Crippen molar-refractivity contribution in [2.45, 2.75) is 19.0 Å². The van der Waals surface area contributed by atoms with E-state index in [0.717, 1.165) is 6.04 Å². The molecule has 0 amide bonds. The predicted octanol–water partition coefficient (Wildman–Crippen LogP) is -0.0796. The van der Waals surface area contributed by atoms with Gasteiger partial charge in [0.15, 0.2) is 0 Å². The Morgan fingerprint density at radius 3 is 2.20 bits per heavy atom. The van der Waals surface area contributed by atoms with Gasteiger partial charge in [-0.1, -0.05) is 6.92 Å². The zero-order valence-electron chi connectivity index (χ0n) is 3.36. The monoisotopic (exact) mass is 86.0 g/mol. The quantitative estimate of drug-likeness (QED) is 0.444. The van der Waals surface area contributed by atoms with Crippen molar-refractivity contribution in [3.05, 3.63) is 0 Å². The molecular formula is C3H8NSi. The summed E-state index contributed by atoms with van der Waals surface area (Å²) in [5.74, 6) is 0. The second-order valence-electron chi connectivity index (χ2n) is 1.18. The Kier molecular flexibility index (Phi) is 2.50. The summed E-state index contributed by atoms with van der Waals surface area (Å²) in [5, 5.41) is 0. The number of nitrogens with two attached hydrogens (primary N) is 1. The fourth-order valence-electron chi connectivity index (χ4n) is 0. The minimum absolute atomic E-state index is 0.298. The van der Waals surface area contributed by atoms with Crippen molar-refractivity contribution in [1.82, 2.24) is 0 Å². The van der Waals surface area contributed by atoms with Crippen LogP contribution < -0.4 is 5.73 Å². The van der Waals surface area contributed by atoms with Crippen molar-refractivity contribution in [2.24, 2.45) is 5.73 Å². The Bertz CT molecular complexity index is 20.9. The predicted molar refractivity (Wildman–Crippen MR) is 24.2 cm³/mol. The van der Waals surface area contributed by atoms with E-state index < -0.39 is 0 Å². The van der Waals surface area contributed by atoms with Crippen molar-refractivity contribution in [3.63, 3.8) is 0 Å². The molecule has 0 saturated carbocycles. The zero-order valence-corrected chi connectivity index (χ0v) is 4.36. The van der Waals surface area contributed by atoms with Crippen LogP contribution in [0.3, 0.4) is 0 Å². The summed E-state index contributed by atoms with van der Waals surface area (Å²) in [6.45, 7) is 1.95. The molecule has 1 nitrogen and oxygen atoms in total. The molecule has 0 bridgehead atoms. The topological polar surface area (TPSA) is 26.0 Å². The first-order valence-electron chi connectivity index (χ1n) is 1.67. The summed E-state index contributed by atoms with van der Waals surface area (Å²) in [6, 6.07) is 1.19. The Hall–Kier alpha value is 0.177. The largest absolute Gasteiger partial charge is 0.328 e. The number of rotatable bonds is 1. The molecular weight excluding hydrogens is 78.1 g/mol. The molecule has 0 aliphatic heterocycles. The first kappa shape index (κ1) is 5.18. The lowest BCUT2D eigenvalue weighted by atomic mass is 10.4. The van der Waals surface area contributed by atoms with Gasteiger partial charge in [0.1, 0.15) is 0 Å². The Labute approximate surface area is 36.0 Å². The molecule has 5 heavy (non-hydrogen) atoms. The average molecular weight is 86.2 g/mol. The highest BCUT2D eigenvalue weighted by Crippen LogP contribution is 1.74. The van der Waals surface area contributed by atoms with Gasteiger partial charge in [0, 0.05) is 10.2 Å². The van der Waals surface area contributed by atoms with Gasteiger partial charge < -0.3 is 5.73 Å². The number of hydrogen-bond donors (Lipinski definition) is 1. The lowest BCUT2D eigenvalue weighted by molar-refractivity contribution is 0.832. The van der Waals surface area contributed by atoms with Crippen molar-refractivity contribution in [2.75, 3.05) is 0 Å². The minimum Gasteiger partial charge on any atom is -0.328 e. The van der Waals surface area contributed by atoms with Crippen LogP contribution in [0.4, 0.5) is 0 Å². The molecule has 1 unspecified atom stereocenters. The summed E-state index contributed by atoms with van der Waals surface area (Å²) < 4.78 is 0. The molecule has 0 rings (SSSR count). The van der Waals surface area contributed by atoms with E-state index in [4.69, 9.17) is 5.73 Å². The molecule has 3 radical (unpaired) electrons. The third kappa shape index (κ3) is 4.18. The van der Waals surface area contributed by atoms with Crippen LogP contribution in [0, 0.1) is 0 Å². The maximum absolute atomic E-state index is 5.24. The molecule has 0 aromatic carbocycles. The van der Waals surface area contributed by atoms with E-state index in [1.807, 2.05) is 6.92 Å². The molecule has 0 aliphatic carbocycles. The van der Waals surface area contributed by atoms with Gasteiger partial charge in [-0.15, -0.1) is 0 Å². The zero-order chi connectivity index (χ0) is 4.28. The summed E-state index contributed by atoms with van der Waals surface area (Å²) in [5.41, 5.74) is 5.24. The molecule has 0 heterocycles. The summed E-state index contributed by atoms with van der Waals surface area (Å²) in [6.07, 6.45) is 0. The number of hydrogen-bond acceptors (Lipinski definition) is 1. The molecule has 0 saturated heterocycles. The third-order valence-corrected chi connectivity index (χ3v) is 0.966. The van der Waals surface area contributed by atoms with E-state index in [2.05, 4.69) is 10.2 Å². The van der Waals surface area contributed by atoms with E-state index in [1.54, 1.807) is 0 Å². The first-order chi connectivity index (χ1) is 2.27. The second-order valence-corrected chi connectivity index (χ2v) is 1.59. The summed E-state index contributed by atoms with van der Waals surface area (Å²) >= 11 is 0. The Balaban J connectivity index is 2.54. The first-order valence-corrected chi connectivity index (χ1v) is 2.38. The van der Waals surface area contributed by atoms with E-state index in [1.165, 1.54) is 0 Å². The smallest absolute Gasteiger partial charge is 0.0241 e. The fraction of sp³-hybridized carbons (Fsp3) is 1.00. The van der Waals surface area contributed by atoms with Gasteiger partial charge >= 0.3 is 0 Å². The van der Waals surface area contributed by atoms with Crippen molar-refractivity contribution in [1.29, 1.82) is 0 Å². The fourth-order valence-corrected chi connectivity index (χ4v) is 0. The maximum Gasteiger partial charge on any atom is 0.0241 e. The molecule has 0 aliphatic rings. The second kappa shape index (κ2) is 2.42. The van der Waals surface area contributed by atoms with Crippen LogP contribution in [0.5, 0.6) is 0 Å². The van der Waals surface area contributed by atoms with Gasteiger partial charge in [-0.05, 0) is 12.1 Å². The molecule has 0 spiro atoms. The van der Waals surface area contributed by atoms with Crippen LogP contribution in [0.25, 0.3) is 0 Å². The normalized spacial score (nSPS) is 15.0. The van der Waals surface area contributed by atoms with Crippen LogP contribution in [0.1, 0.15) is 6.92 Å². The van der Waals surface area contributed by atoms with Gasteiger partial charge in [-0.2, -0.15) is 0 Å². The lowest BCUT2D eigenvalue weighted by Gasteiger charge is -1.91. The van der Waals surface area contributed by atoms with Gasteiger partial charge in [0.25, 0.3) is 0 Å². The third-order valence-electron chi connectivity index (χ3n) is 0.322. The van der Waals surface area contributed by atoms with Crippen LogP contribution in [-0.4, -0.2) is 16.3 Å². The van der Waals surface area contributed by atoms with E-state index in [-0.39, 0.29) is 0 Å². The van der Waals surface area contributed by atoms with Gasteiger partial charge in [-0.3, -0.25) is 0 Å². The van der Waals surface area contributed by atoms with E-state index >= 15 is 0 Å². The van der Waals surface area contributed by atoms with Gasteiger partial charge in [-0.25, -0.2) is 0 Å². The summed E-state index contributed by atoms with van der Waals surface area (Å²) in [4.78, 5) is 0. The molecule has 2 heteroatoms. The van der Waals surface area contributed by atoms with E-state index in [9.17, 15) is 0 Å². The van der Waals surface area contributed by atoms with Crippen LogP contribution >= 0.6 is 0 Å². The molecule has 2 N–H and O–H groups in total. The highest BCUT2D eigenvalue weighted by Gasteiger charge is 1.80. The molecule has 0 fully saturated rings. The standard InChI is InChI=1S/C3H8NSi/c1-3(4)2-5/h3H,2,4H2,1H3. The maximum atomic E-state index is 5.24. The molecule has 1 atom stereocenters. The molecule has 0 aromatic heterocycles. The Morgan fingerprint density at radius 2 is 2.20 bits per heavy atom. The van der Waals surface area contributed by atoms with Gasteiger partial charge in [0.05, 0.1) is 0 Å². The highest BCUT2D eigenvalue weighted by atomic mass is 28.1. The average Bonchev–Trinajstić information content (AvgIpc) is 1.38. The summed E-state index contributed by atoms with van der Waals surface area (Å²) in [7, 11) is 3.23. The Morgan fingerprint density at radius 1 is 2.00 bits per heavy atom. The van der Waals surface area contributed by atoms with Crippen LogP contribution in [0.2, 0.25) is 6.04 Å². The minimum atomic E-state index is 0.298. The SMILES string of the molecule is CC(N)C[Si]. The van der Waals surface area contributed by atoms with E-state index in [0.29, 0.717) is 6.04 Å².